The van der Waals surface area contributed by atoms with Gasteiger partial charge in [0.25, 0.3) is 0 Å². The van der Waals surface area contributed by atoms with Gasteiger partial charge in [0, 0.05) is 18.8 Å². The van der Waals surface area contributed by atoms with Gasteiger partial charge in [-0.2, -0.15) is 0 Å². The van der Waals surface area contributed by atoms with Crippen molar-refractivity contribution in [1.29, 1.82) is 0 Å². The van der Waals surface area contributed by atoms with Crippen molar-refractivity contribution in [3.63, 3.8) is 0 Å². The van der Waals surface area contributed by atoms with Gasteiger partial charge in [0.05, 0.1) is 12.5 Å². The second kappa shape index (κ2) is 10.5. The van der Waals surface area contributed by atoms with Crippen LogP contribution in [0.2, 0.25) is 0 Å². The highest BCUT2D eigenvalue weighted by Crippen LogP contribution is 2.30. The molecule has 0 heterocycles. The molecule has 0 spiro atoms. The van der Waals surface area contributed by atoms with Gasteiger partial charge >= 0.3 is 0 Å². The second-order valence-electron chi connectivity index (χ2n) is 6.10. The molecule has 130 valence electrons. The molecule has 0 aliphatic heterocycles. The first kappa shape index (κ1) is 19.8. The number of carbonyl (C=O) groups excluding carboxylic acids is 1. The maximum atomic E-state index is 12.0. The number of benzene rings is 1. The fourth-order valence-electron chi connectivity index (χ4n) is 3.24. The quantitative estimate of drug-likeness (QED) is 0.713. The van der Waals surface area contributed by atoms with Crippen molar-refractivity contribution in [1.82, 2.24) is 5.32 Å². The van der Waals surface area contributed by atoms with Crippen molar-refractivity contribution in [3.05, 3.63) is 29.8 Å². The summed E-state index contributed by atoms with van der Waals surface area (Å²) in [4.78, 5) is 12.0. The summed E-state index contributed by atoms with van der Waals surface area (Å²) in [5.41, 5.74) is 7.36. The zero-order chi connectivity index (χ0) is 15.8. The number of anilines is 1. The highest BCUT2D eigenvalue weighted by Gasteiger charge is 2.25. The van der Waals surface area contributed by atoms with Gasteiger partial charge in [-0.25, -0.2) is 0 Å². The summed E-state index contributed by atoms with van der Waals surface area (Å²) < 4.78 is 5.87. The molecule has 2 rings (SSSR count). The largest absolute Gasteiger partial charge is 0.399 e. The molecule has 0 saturated heterocycles. The fourth-order valence-corrected chi connectivity index (χ4v) is 3.24. The number of nitrogens with one attached hydrogen (secondary N) is 1. The number of carbonyl (C=O) groups is 1. The van der Waals surface area contributed by atoms with Gasteiger partial charge in [-0.1, -0.05) is 25.0 Å². The number of nitrogen functional groups attached to an aromatic ring is 1. The van der Waals surface area contributed by atoms with Crippen LogP contribution in [0, 0.1) is 5.92 Å². The highest BCUT2D eigenvalue weighted by molar-refractivity contribution is 5.85. The number of ether oxygens (including phenoxy) is 1. The summed E-state index contributed by atoms with van der Waals surface area (Å²) >= 11 is 0. The predicted molar refractivity (Wildman–Crippen MR) is 96.8 cm³/mol. The minimum atomic E-state index is 0. The molecule has 5 heteroatoms. The Hall–Kier alpha value is -1.26. The topological polar surface area (TPSA) is 64.3 Å². The zero-order valence-electron chi connectivity index (χ0n) is 13.9. The van der Waals surface area contributed by atoms with E-state index in [0.717, 1.165) is 24.3 Å². The molecule has 0 radical (unpaired) electrons. The first-order valence-corrected chi connectivity index (χ1v) is 8.41. The summed E-state index contributed by atoms with van der Waals surface area (Å²) in [5, 5.41) is 3.01. The lowest BCUT2D eigenvalue weighted by atomic mass is 9.98. The van der Waals surface area contributed by atoms with E-state index in [9.17, 15) is 4.79 Å². The van der Waals surface area contributed by atoms with Gasteiger partial charge in [0.15, 0.2) is 0 Å². The molecule has 1 fully saturated rings. The molecule has 23 heavy (non-hydrogen) atoms. The Morgan fingerprint density at radius 1 is 1.30 bits per heavy atom. The third kappa shape index (κ3) is 6.80. The normalized spacial score (nSPS) is 15.9. The van der Waals surface area contributed by atoms with Gasteiger partial charge in [-0.15, -0.1) is 12.4 Å². The van der Waals surface area contributed by atoms with Crippen molar-refractivity contribution >= 4 is 24.0 Å². The van der Waals surface area contributed by atoms with Crippen LogP contribution in [-0.2, 0) is 16.0 Å². The SMILES string of the molecule is CCOC(CCNC(=O)Cc1ccc(N)cc1)C1CCCC1.Cl. The molecular formula is C18H29ClN2O2. The molecule has 1 amide bonds. The lowest BCUT2D eigenvalue weighted by Gasteiger charge is -2.23. The van der Waals surface area contributed by atoms with E-state index in [0.29, 0.717) is 25.0 Å². The lowest BCUT2D eigenvalue weighted by molar-refractivity contribution is -0.120. The minimum absolute atomic E-state index is 0. The van der Waals surface area contributed by atoms with Gasteiger partial charge in [0.2, 0.25) is 5.91 Å². The Balaban J connectivity index is 0.00000264. The fraction of sp³-hybridized carbons (Fsp3) is 0.611. The van der Waals surface area contributed by atoms with E-state index < -0.39 is 0 Å². The molecule has 1 atom stereocenters. The Morgan fingerprint density at radius 3 is 2.57 bits per heavy atom. The van der Waals surface area contributed by atoms with E-state index in [1.54, 1.807) is 0 Å². The number of rotatable bonds is 8. The van der Waals surface area contributed by atoms with Crippen LogP contribution in [-0.4, -0.2) is 25.2 Å². The molecule has 4 nitrogen and oxygen atoms in total. The van der Waals surface area contributed by atoms with Gasteiger partial charge in [0.1, 0.15) is 0 Å². The molecule has 1 aliphatic carbocycles. The van der Waals surface area contributed by atoms with E-state index in [1.807, 2.05) is 31.2 Å². The number of hydrogen-bond donors (Lipinski definition) is 2. The minimum Gasteiger partial charge on any atom is -0.399 e. The van der Waals surface area contributed by atoms with E-state index >= 15 is 0 Å². The summed E-state index contributed by atoms with van der Waals surface area (Å²) in [6, 6.07) is 7.45. The Morgan fingerprint density at radius 2 is 1.96 bits per heavy atom. The van der Waals surface area contributed by atoms with Crippen molar-refractivity contribution < 1.29 is 9.53 Å². The van der Waals surface area contributed by atoms with Gasteiger partial charge < -0.3 is 15.8 Å². The maximum Gasteiger partial charge on any atom is 0.224 e. The second-order valence-corrected chi connectivity index (χ2v) is 6.10. The van der Waals surface area contributed by atoms with E-state index in [-0.39, 0.29) is 18.3 Å². The van der Waals surface area contributed by atoms with Crippen LogP contribution >= 0.6 is 12.4 Å². The molecular weight excluding hydrogens is 312 g/mol. The molecule has 1 aliphatic rings. The highest BCUT2D eigenvalue weighted by atomic mass is 35.5. The monoisotopic (exact) mass is 340 g/mol. The van der Waals surface area contributed by atoms with E-state index in [1.165, 1.54) is 25.7 Å². The summed E-state index contributed by atoms with van der Waals surface area (Å²) in [6.07, 6.45) is 6.78. The smallest absolute Gasteiger partial charge is 0.224 e. The summed E-state index contributed by atoms with van der Waals surface area (Å²) in [7, 11) is 0. The average Bonchev–Trinajstić information content (AvgIpc) is 3.03. The van der Waals surface area contributed by atoms with Crippen molar-refractivity contribution in [3.8, 4) is 0 Å². The maximum absolute atomic E-state index is 12.0. The molecule has 1 aromatic carbocycles. The molecule has 1 aromatic rings. The van der Waals surface area contributed by atoms with Gasteiger partial charge in [-0.3, -0.25) is 4.79 Å². The van der Waals surface area contributed by atoms with Crippen LogP contribution in [0.15, 0.2) is 24.3 Å². The average molecular weight is 341 g/mol. The Labute approximate surface area is 145 Å². The van der Waals surface area contributed by atoms with Crippen LogP contribution in [0.4, 0.5) is 5.69 Å². The molecule has 0 bridgehead atoms. The third-order valence-electron chi connectivity index (χ3n) is 4.40. The van der Waals surface area contributed by atoms with Gasteiger partial charge in [-0.05, 0) is 49.8 Å². The first-order valence-electron chi connectivity index (χ1n) is 8.41. The Bertz CT molecular complexity index is 459. The summed E-state index contributed by atoms with van der Waals surface area (Å²) in [6.45, 7) is 3.48. The van der Waals surface area contributed by atoms with Crippen molar-refractivity contribution in [2.45, 2.75) is 51.6 Å². The zero-order valence-corrected chi connectivity index (χ0v) is 14.7. The number of hydrogen-bond acceptors (Lipinski definition) is 3. The van der Waals surface area contributed by atoms with Crippen LogP contribution in [0.5, 0.6) is 0 Å². The van der Waals surface area contributed by atoms with E-state index in [2.05, 4.69) is 5.32 Å². The van der Waals surface area contributed by atoms with Crippen molar-refractivity contribution in [2.24, 2.45) is 5.92 Å². The van der Waals surface area contributed by atoms with Crippen LogP contribution in [0.1, 0.15) is 44.6 Å². The van der Waals surface area contributed by atoms with Crippen LogP contribution < -0.4 is 11.1 Å². The molecule has 1 unspecified atom stereocenters. The first-order chi connectivity index (χ1) is 10.7. The number of halogens is 1. The molecule has 0 aromatic heterocycles. The predicted octanol–water partition coefficient (Wildman–Crippen LogP) is 3.33. The molecule has 1 saturated carbocycles. The number of nitrogens with two attached hydrogens (primary N) is 1. The Kier molecular flexibility index (Phi) is 9.03. The number of amides is 1. The van der Waals surface area contributed by atoms with Crippen LogP contribution in [0.25, 0.3) is 0 Å². The standard InChI is InChI=1S/C18H28N2O2.ClH/c1-2-22-17(15-5-3-4-6-15)11-12-20-18(21)13-14-7-9-16(19)10-8-14;/h7-10,15,17H,2-6,11-13,19H2,1H3,(H,20,21);1H. The molecule has 3 N–H and O–H groups in total. The third-order valence-corrected chi connectivity index (χ3v) is 4.40. The lowest BCUT2D eigenvalue weighted by Crippen LogP contribution is -2.31. The van der Waals surface area contributed by atoms with Crippen LogP contribution in [0.3, 0.4) is 0 Å². The van der Waals surface area contributed by atoms with Crippen molar-refractivity contribution in [2.75, 3.05) is 18.9 Å². The summed E-state index contributed by atoms with van der Waals surface area (Å²) in [5.74, 6) is 0.736. The van der Waals surface area contributed by atoms with E-state index in [4.69, 9.17) is 10.5 Å².